The fourth-order valence-corrected chi connectivity index (χ4v) is 3.93. The van der Waals surface area contributed by atoms with Gasteiger partial charge in [0.1, 0.15) is 18.1 Å². The molecule has 0 bridgehead atoms. The molecule has 35 heavy (non-hydrogen) atoms. The first kappa shape index (κ1) is 24.4. The lowest BCUT2D eigenvalue weighted by Gasteiger charge is -2.24. The number of nitrogens with zero attached hydrogens (tertiary/aromatic N) is 1. The molecule has 4 rings (SSSR count). The van der Waals surface area contributed by atoms with E-state index in [1.54, 1.807) is 12.1 Å². The molecule has 0 saturated carbocycles. The second kappa shape index (κ2) is 12.1. The first-order valence-corrected chi connectivity index (χ1v) is 12.0. The van der Waals surface area contributed by atoms with Crippen LogP contribution >= 0.6 is 11.6 Å². The Morgan fingerprint density at radius 1 is 0.771 bits per heavy atom. The van der Waals surface area contributed by atoms with Gasteiger partial charge in [-0.15, -0.1) is 0 Å². The molecule has 178 valence electrons. The molecule has 5 heteroatoms. The van der Waals surface area contributed by atoms with Gasteiger partial charge in [0.25, 0.3) is 5.91 Å². The summed E-state index contributed by atoms with van der Waals surface area (Å²) in [4.78, 5) is 15.6. The Labute approximate surface area is 211 Å². The van der Waals surface area contributed by atoms with Crippen LogP contribution in [0.2, 0.25) is 5.02 Å². The van der Waals surface area contributed by atoms with Crippen molar-refractivity contribution in [1.82, 2.24) is 4.90 Å². The van der Waals surface area contributed by atoms with Crippen molar-refractivity contribution < 1.29 is 14.3 Å². The van der Waals surface area contributed by atoms with Crippen LogP contribution in [0, 0.1) is 0 Å². The summed E-state index contributed by atoms with van der Waals surface area (Å²) in [6.45, 7) is 3.76. The van der Waals surface area contributed by atoms with E-state index in [1.165, 1.54) is 0 Å². The van der Waals surface area contributed by atoms with E-state index in [4.69, 9.17) is 21.1 Å². The number of benzene rings is 4. The zero-order valence-electron chi connectivity index (χ0n) is 19.7. The van der Waals surface area contributed by atoms with Gasteiger partial charge in [-0.05, 0) is 60.5 Å². The van der Waals surface area contributed by atoms with Crippen molar-refractivity contribution >= 4 is 17.5 Å². The highest BCUT2D eigenvalue weighted by Crippen LogP contribution is 2.25. The van der Waals surface area contributed by atoms with Gasteiger partial charge in [-0.1, -0.05) is 72.3 Å². The summed E-state index contributed by atoms with van der Waals surface area (Å²) < 4.78 is 11.8. The molecule has 4 nitrogen and oxygen atoms in total. The van der Waals surface area contributed by atoms with Crippen LogP contribution in [0.5, 0.6) is 11.5 Å². The van der Waals surface area contributed by atoms with E-state index in [2.05, 4.69) is 0 Å². The van der Waals surface area contributed by atoms with Crippen LogP contribution in [0.1, 0.15) is 34.0 Å². The van der Waals surface area contributed by atoms with Crippen molar-refractivity contribution in [3.05, 3.63) is 130 Å². The Hall–Kier alpha value is -3.76. The summed E-state index contributed by atoms with van der Waals surface area (Å²) in [5.41, 5.74) is 3.56. The van der Waals surface area contributed by atoms with Gasteiger partial charge in [0.2, 0.25) is 0 Å². The van der Waals surface area contributed by atoms with Gasteiger partial charge in [0, 0.05) is 29.2 Å². The molecule has 0 spiro atoms. The second-order valence-electron chi connectivity index (χ2n) is 8.13. The van der Waals surface area contributed by atoms with Gasteiger partial charge in [0.05, 0.1) is 6.61 Å². The first-order chi connectivity index (χ1) is 17.1. The molecular formula is C30H28ClNO3. The van der Waals surface area contributed by atoms with Crippen LogP contribution in [0.15, 0.2) is 103 Å². The zero-order chi connectivity index (χ0) is 24.5. The maximum atomic E-state index is 13.7. The Morgan fingerprint density at radius 3 is 1.94 bits per heavy atom. The number of hydrogen-bond acceptors (Lipinski definition) is 3. The van der Waals surface area contributed by atoms with Gasteiger partial charge in [-0.3, -0.25) is 4.79 Å². The largest absolute Gasteiger partial charge is 0.493 e. The molecule has 4 aromatic rings. The van der Waals surface area contributed by atoms with E-state index in [9.17, 15) is 4.79 Å². The summed E-state index contributed by atoms with van der Waals surface area (Å²) >= 11 is 5.98. The third-order valence-corrected chi connectivity index (χ3v) is 5.79. The Bertz CT molecular complexity index is 1190. The molecule has 1 amide bonds. The normalized spacial score (nSPS) is 10.6. The van der Waals surface area contributed by atoms with Crippen molar-refractivity contribution in [1.29, 1.82) is 0 Å². The van der Waals surface area contributed by atoms with Crippen molar-refractivity contribution in [3.63, 3.8) is 0 Å². The molecule has 0 aliphatic carbocycles. The van der Waals surface area contributed by atoms with Crippen LogP contribution < -0.4 is 9.47 Å². The minimum atomic E-state index is -0.0477. The number of ether oxygens (including phenoxy) is 2. The van der Waals surface area contributed by atoms with Crippen molar-refractivity contribution in [2.75, 3.05) is 6.61 Å². The third-order valence-electron chi connectivity index (χ3n) is 5.53. The predicted octanol–water partition coefficient (Wildman–Crippen LogP) is 7.16. The van der Waals surface area contributed by atoms with Crippen molar-refractivity contribution in [3.8, 4) is 11.5 Å². The lowest BCUT2D eigenvalue weighted by atomic mass is 10.1. The molecular weight excluding hydrogens is 458 g/mol. The molecule has 0 aromatic heterocycles. The highest BCUT2D eigenvalue weighted by atomic mass is 35.5. The molecule has 0 heterocycles. The van der Waals surface area contributed by atoms with E-state index < -0.39 is 0 Å². The number of carbonyl (C=O) groups excluding carboxylic acids is 1. The van der Waals surface area contributed by atoms with Crippen LogP contribution in [0.25, 0.3) is 0 Å². The molecule has 0 radical (unpaired) electrons. The van der Waals surface area contributed by atoms with Crippen molar-refractivity contribution in [2.45, 2.75) is 26.6 Å². The van der Waals surface area contributed by atoms with Crippen LogP contribution in [0.3, 0.4) is 0 Å². The highest BCUT2D eigenvalue weighted by molar-refractivity contribution is 6.30. The summed E-state index contributed by atoms with van der Waals surface area (Å²) in [6, 6.07) is 32.8. The van der Waals surface area contributed by atoms with Crippen LogP contribution in [0.4, 0.5) is 0 Å². The van der Waals surface area contributed by atoms with Gasteiger partial charge in [0.15, 0.2) is 0 Å². The number of hydrogen-bond donors (Lipinski definition) is 0. The van der Waals surface area contributed by atoms with Gasteiger partial charge in [-0.2, -0.15) is 0 Å². The molecule has 0 fully saturated rings. The summed E-state index contributed by atoms with van der Waals surface area (Å²) in [6.07, 6.45) is 0. The summed E-state index contributed by atoms with van der Waals surface area (Å²) in [5.74, 6) is 1.35. The zero-order valence-corrected chi connectivity index (χ0v) is 20.4. The number of halogens is 1. The Morgan fingerprint density at radius 2 is 1.37 bits per heavy atom. The highest BCUT2D eigenvalue weighted by Gasteiger charge is 2.19. The maximum absolute atomic E-state index is 13.7. The number of rotatable bonds is 10. The molecule has 0 atom stereocenters. The van der Waals surface area contributed by atoms with E-state index in [0.29, 0.717) is 41.8 Å². The maximum Gasteiger partial charge on any atom is 0.254 e. The molecule has 0 unspecified atom stereocenters. The van der Waals surface area contributed by atoms with Crippen LogP contribution in [-0.2, 0) is 19.7 Å². The second-order valence-corrected chi connectivity index (χ2v) is 8.57. The van der Waals surface area contributed by atoms with Crippen LogP contribution in [-0.4, -0.2) is 17.4 Å². The molecule has 0 saturated heterocycles. The summed E-state index contributed by atoms with van der Waals surface area (Å²) in [7, 11) is 0. The topological polar surface area (TPSA) is 38.8 Å². The minimum Gasteiger partial charge on any atom is -0.493 e. The molecule has 0 aliphatic rings. The Kier molecular flexibility index (Phi) is 8.42. The average molecular weight is 486 g/mol. The minimum absolute atomic E-state index is 0.0477. The van der Waals surface area contributed by atoms with Gasteiger partial charge >= 0.3 is 0 Å². The van der Waals surface area contributed by atoms with Gasteiger partial charge in [-0.25, -0.2) is 0 Å². The smallest absolute Gasteiger partial charge is 0.254 e. The predicted molar refractivity (Wildman–Crippen MR) is 140 cm³/mol. The lowest BCUT2D eigenvalue weighted by Crippen LogP contribution is -2.30. The van der Waals surface area contributed by atoms with E-state index in [1.807, 2.05) is 103 Å². The van der Waals surface area contributed by atoms with E-state index in [0.717, 1.165) is 16.7 Å². The Balaban J connectivity index is 1.59. The van der Waals surface area contributed by atoms with Gasteiger partial charge < -0.3 is 14.4 Å². The fourth-order valence-electron chi connectivity index (χ4n) is 3.80. The van der Waals surface area contributed by atoms with E-state index >= 15 is 0 Å². The molecule has 0 aliphatic heterocycles. The SMILES string of the molecule is CCOc1ccc(C(=O)N(Cc2ccccc2)Cc2ccccc2)cc1COc1ccc(Cl)cc1. The number of amides is 1. The van der Waals surface area contributed by atoms with E-state index in [-0.39, 0.29) is 12.5 Å². The third kappa shape index (κ3) is 6.87. The summed E-state index contributed by atoms with van der Waals surface area (Å²) in [5, 5.41) is 0.650. The monoisotopic (exact) mass is 485 g/mol. The number of carbonyl (C=O) groups is 1. The average Bonchev–Trinajstić information content (AvgIpc) is 2.89. The fraction of sp³-hybridized carbons (Fsp3) is 0.167. The standard InChI is InChI=1S/C30H28ClNO3/c1-2-34-29-18-13-25(19-26(29)22-35-28-16-14-27(31)15-17-28)30(33)32(20-23-9-5-3-6-10-23)21-24-11-7-4-8-12-24/h3-19H,2,20-22H2,1H3. The molecule has 0 N–H and O–H groups in total. The van der Waals surface area contributed by atoms with Crippen molar-refractivity contribution in [2.24, 2.45) is 0 Å². The molecule has 4 aromatic carbocycles. The first-order valence-electron chi connectivity index (χ1n) is 11.6. The lowest BCUT2D eigenvalue weighted by molar-refractivity contribution is 0.0729. The quantitative estimate of drug-likeness (QED) is 0.239.